The molecule has 0 bridgehead atoms. The van der Waals surface area contributed by atoms with Gasteiger partial charge in [0, 0.05) is 13.1 Å². The summed E-state index contributed by atoms with van der Waals surface area (Å²) in [6, 6.07) is 6.43. The second-order valence-corrected chi connectivity index (χ2v) is 7.03. The van der Waals surface area contributed by atoms with Crippen molar-refractivity contribution < 1.29 is 23.9 Å². The number of ether oxygens (including phenoxy) is 1. The zero-order valence-corrected chi connectivity index (χ0v) is 16.2. The van der Waals surface area contributed by atoms with Gasteiger partial charge in [0.05, 0.1) is 17.6 Å². The summed E-state index contributed by atoms with van der Waals surface area (Å²) in [6.07, 6.45) is 1.55. The van der Waals surface area contributed by atoms with E-state index in [1.807, 2.05) is 19.0 Å². The molecule has 1 fully saturated rings. The number of imide groups is 1. The van der Waals surface area contributed by atoms with Crippen molar-refractivity contribution in [1.82, 2.24) is 15.1 Å². The number of hydrogen-bond donors (Lipinski definition) is 1. The Balaban J connectivity index is 2.01. The molecule has 1 aliphatic heterocycles. The van der Waals surface area contributed by atoms with Gasteiger partial charge < -0.3 is 15.0 Å². The molecular formula is C18H21N3O5S. The van der Waals surface area contributed by atoms with Gasteiger partial charge in [-0.05, 0) is 49.6 Å². The Hall–Kier alpha value is -2.65. The van der Waals surface area contributed by atoms with Gasteiger partial charge in [0.25, 0.3) is 11.1 Å². The van der Waals surface area contributed by atoms with Crippen molar-refractivity contribution in [2.24, 2.45) is 0 Å². The van der Waals surface area contributed by atoms with Crippen molar-refractivity contribution in [1.29, 1.82) is 0 Å². The summed E-state index contributed by atoms with van der Waals surface area (Å²) < 4.78 is 4.63. The molecule has 0 aliphatic carbocycles. The third-order valence-corrected chi connectivity index (χ3v) is 4.59. The summed E-state index contributed by atoms with van der Waals surface area (Å²) in [5.74, 6) is -1.35. The number of nitrogens with zero attached hydrogens (tertiary/aromatic N) is 2. The zero-order valence-electron chi connectivity index (χ0n) is 15.4. The van der Waals surface area contributed by atoms with E-state index in [9.17, 15) is 19.2 Å². The van der Waals surface area contributed by atoms with E-state index in [1.54, 1.807) is 30.3 Å². The van der Waals surface area contributed by atoms with Gasteiger partial charge in [-0.1, -0.05) is 12.1 Å². The minimum Gasteiger partial charge on any atom is -0.465 e. The molecule has 8 nitrogen and oxygen atoms in total. The van der Waals surface area contributed by atoms with Gasteiger partial charge >= 0.3 is 5.97 Å². The van der Waals surface area contributed by atoms with E-state index in [2.05, 4.69) is 10.1 Å². The van der Waals surface area contributed by atoms with Gasteiger partial charge in [0.2, 0.25) is 5.91 Å². The van der Waals surface area contributed by atoms with Crippen LogP contribution in [0.25, 0.3) is 6.08 Å². The third kappa shape index (κ3) is 5.66. The Bertz CT molecular complexity index is 774. The smallest absolute Gasteiger partial charge is 0.337 e. The van der Waals surface area contributed by atoms with Gasteiger partial charge in [-0.2, -0.15) is 0 Å². The lowest BCUT2D eigenvalue weighted by Crippen LogP contribution is -2.41. The van der Waals surface area contributed by atoms with Crippen LogP contribution < -0.4 is 5.32 Å². The second-order valence-electron chi connectivity index (χ2n) is 6.03. The molecule has 0 radical (unpaired) electrons. The molecule has 27 heavy (non-hydrogen) atoms. The number of benzene rings is 1. The molecule has 0 spiro atoms. The van der Waals surface area contributed by atoms with Crippen molar-refractivity contribution in [2.45, 2.75) is 0 Å². The van der Waals surface area contributed by atoms with Crippen LogP contribution in [0.5, 0.6) is 0 Å². The number of methoxy groups -OCH3 is 1. The summed E-state index contributed by atoms with van der Waals surface area (Å²) in [5, 5.41) is 2.18. The van der Waals surface area contributed by atoms with Crippen LogP contribution in [0, 0.1) is 0 Å². The fourth-order valence-electron chi connectivity index (χ4n) is 2.24. The van der Waals surface area contributed by atoms with E-state index in [4.69, 9.17) is 0 Å². The highest BCUT2D eigenvalue weighted by molar-refractivity contribution is 8.18. The Morgan fingerprint density at radius 3 is 2.48 bits per heavy atom. The van der Waals surface area contributed by atoms with E-state index < -0.39 is 17.1 Å². The summed E-state index contributed by atoms with van der Waals surface area (Å²) in [4.78, 5) is 50.9. The first kappa shape index (κ1) is 20.7. The Morgan fingerprint density at radius 1 is 1.22 bits per heavy atom. The summed E-state index contributed by atoms with van der Waals surface area (Å²) in [7, 11) is 5.05. The highest BCUT2D eigenvalue weighted by Gasteiger charge is 2.36. The minimum atomic E-state index is -0.509. The molecule has 1 aromatic rings. The highest BCUT2D eigenvalue weighted by Crippen LogP contribution is 2.32. The molecule has 0 unspecified atom stereocenters. The van der Waals surface area contributed by atoms with E-state index in [0.29, 0.717) is 24.2 Å². The van der Waals surface area contributed by atoms with E-state index in [-0.39, 0.29) is 17.4 Å². The molecule has 0 atom stereocenters. The molecule has 1 heterocycles. The van der Waals surface area contributed by atoms with E-state index in [0.717, 1.165) is 16.7 Å². The van der Waals surface area contributed by atoms with Gasteiger partial charge in [-0.3, -0.25) is 19.3 Å². The second kappa shape index (κ2) is 9.33. The quantitative estimate of drug-likeness (QED) is 0.551. The van der Waals surface area contributed by atoms with Crippen molar-refractivity contribution in [3.63, 3.8) is 0 Å². The topological polar surface area (TPSA) is 96.0 Å². The molecule has 144 valence electrons. The first-order valence-electron chi connectivity index (χ1n) is 8.17. The number of hydrogen-bond acceptors (Lipinski definition) is 7. The van der Waals surface area contributed by atoms with Gasteiger partial charge in [0.15, 0.2) is 0 Å². The molecule has 9 heteroatoms. The van der Waals surface area contributed by atoms with Crippen molar-refractivity contribution in [2.75, 3.05) is 40.8 Å². The van der Waals surface area contributed by atoms with Crippen LogP contribution in [0.3, 0.4) is 0 Å². The Kier molecular flexibility index (Phi) is 7.14. The number of carbonyl (C=O) groups excluding carboxylic acids is 4. The average Bonchev–Trinajstić information content (AvgIpc) is 2.89. The van der Waals surface area contributed by atoms with Crippen LogP contribution in [-0.2, 0) is 14.3 Å². The number of rotatable bonds is 7. The Labute approximate surface area is 161 Å². The van der Waals surface area contributed by atoms with Crippen LogP contribution in [0.15, 0.2) is 29.2 Å². The number of carbonyl (C=O) groups is 4. The standard InChI is InChI=1S/C18H21N3O5S/c1-20(2)9-8-19-15(22)11-21-16(23)14(27-18(21)25)10-12-4-6-13(7-5-12)17(24)26-3/h4-7,10H,8-9,11H2,1-3H3,(H,19,22). The maximum absolute atomic E-state index is 12.4. The maximum atomic E-state index is 12.4. The molecular weight excluding hydrogens is 370 g/mol. The fraction of sp³-hybridized carbons (Fsp3) is 0.333. The summed E-state index contributed by atoms with van der Waals surface area (Å²) >= 11 is 0.781. The maximum Gasteiger partial charge on any atom is 0.337 e. The Morgan fingerprint density at radius 2 is 1.89 bits per heavy atom. The predicted molar refractivity (Wildman–Crippen MR) is 102 cm³/mol. The average molecular weight is 391 g/mol. The van der Waals surface area contributed by atoms with Crippen molar-refractivity contribution in [3.8, 4) is 0 Å². The van der Waals surface area contributed by atoms with Gasteiger partial charge in [-0.15, -0.1) is 0 Å². The zero-order chi connectivity index (χ0) is 20.0. The predicted octanol–water partition coefficient (Wildman–Crippen LogP) is 1.19. The normalized spacial score (nSPS) is 15.6. The van der Waals surface area contributed by atoms with Gasteiger partial charge in [-0.25, -0.2) is 4.79 Å². The SMILES string of the molecule is COC(=O)c1ccc(C=C2SC(=O)N(CC(=O)NCCN(C)C)C2=O)cc1. The van der Waals surface area contributed by atoms with Gasteiger partial charge in [0.1, 0.15) is 6.54 Å². The molecule has 0 aromatic heterocycles. The number of likely N-dealkylation sites (N-methyl/N-ethyl adjacent to an activating group) is 1. The van der Waals surface area contributed by atoms with E-state index >= 15 is 0 Å². The molecule has 1 N–H and O–H groups in total. The monoisotopic (exact) mass is 391 g/mol. The molecule has 2 rings (SSSR count). The number of thioether (sulfide) groups is 1. The number of nitrogens with one attached hydrogen (secondary N) is 1. The lowest BCUT2D eigenvalue weighted by Gasteiger charge is -2.14. The molecule has 1 saturated heterocycles. The third-order valence-electron chi connectivity index (χ3n) is 3.69. The highest BCUT2D eigenvalue weighted by atomic mass is 32.2. The molecule has 3 amide bonds. The van der Waals surface area contributed by atoms with E-state index in [1.165, 1.54) is 7.11 Å². The summed E-state index contributed by atoms with van der Waals surface area (Å²) in [6.45, 7) is 0.788. The molecule has 0 saturated carbocycles. The minimum absolute atomic E-state index is 0.229. The largest absolute Gasteiger partial charge is 0.465 e. The lowest BCUT2D eigenvalue weighted by molar-refractivity contribution is -0.129. The first-order chi connectivity index (χ1) is 12.8. The number of esters is 1. The van der Waals surface area contributed by atoms with Crippen LogP contribution in [0.1, 0.15) is 15.9 Å². The van der Waals surface area contributed by atoms with Crippen LogP contribution in [0.2, 0.25) is 0 Å². The van der Waals surface area contributed by atoms with Crippen LogP contribution in [0.4, 0.5) is 4.79 Å². The molecule has 1 aliphatic rings. The van der Waals surface area contributed by atoms with Crippen molar-refractivity contribution in [3.05, 3.63) is 40.3 Å². The molecule has 1 aromatic carbocycles. The first-order valence-corrected chi connectivity index (χ1v) is 8.98. The number of amides is 3. The van der Waals surface area contributed by atoms with Crippen LogP contribution >= 0.6 is 11.8 Å². The van der Waals surface area contributed by atoms with Crippen LogP contribution in [-0.4, -0.2) is 73.7 Å². The fourth-order valence-corrected chi connectivity index (χ4v) is 3.08. The lowest BCUT2D eigenvalue weighted by atomic mass is 10.1. The van der Waals surface area contributed by atoms with Crippen molar-refractivity contribution >= 4 is 40.9 Å². The summed E-state index contributed by atoms with van der Waals surface area (Å²) in [5.41, 5.74) is 1.04.